The van der Waals surface area contributed by atoms with Crippen molar-refractivity contribution in [3.05, 3.63) is 89.2 Å². The van der Waals surface area contributed by atoms with E-state index in [1.165, 1.54) is 22.0 Å². The first-order valence-corrected chi connectivity index (χ1v) is 12.9. The monoisotopic (exact) mass is 482 g/mol. The summed E-state index contributed by atoms with van der Waals surface area (Å²) in [7, 11) is 0. The van der Waals surface area contributed by atoms with Gasteiger partial charge in [0.05, 0.1) is 11.1 Å². The standard InChI is InChI=1S/C32H38N2O2/c1-21(2)20-34-29-17-25(22(3)4)13-14-26(29)27(30(34)18-32(5,6)31(35)36)16-23-12-15-28(33-19-23)24-10-8-7-9-11-24/h7-15,17,19,21-22H,16,18,20H2,1-6H3,(H,35,36). The molecule has 0 saturated carbocycles. The SMILES string of the molecule is CC(C)Cn1c(CC(C)(C)C(=O)O)c(Cc2ccc(-c3ccccc3)nc2)c2ccc(C(C)C)cc21. The van der Waals surface area contributed by atoms with Crippen LogP contribution < -0.4 is 0 Å². The van der Waals surface area contributed by atoms with Crippen molar-refractivity contribution in [3.8, 4) is 11.3 Å². The van der Waals surface area contributed by atoms with E-state index in [2.05, 4.69) is 74.7 Å². The van der Waals surface area contributed by atoms with Crippen LogP contribution in [0.1, 0.15) is 69.8 Å². The Bertz CT molecular complexity index is 1350. The molecule has 2 aromatic heterocycles. The van der Waals surface area contributed by atoms with E-state index in [1.54, 1.807) is 0 Å². The number of hydrogen-bond donors (Lipinski definition) is 1. The van der Waals surface area contributed by atoms with Gasteiger partial charge in [0.2, 0.25) is 0 Å². The van der Waals surface area contributed by atoms with Gasteiger partial charge in [-0.3, -0.25) is 9.78 Å². The highest BCUT2D eigenvalue weighted by Gasteiger charge is 2.31. The van der Waals surface area contributed by atoms with Crippen LogP contribution in [0.15, 0.2) is 66.9 Å². The van der Waals surface area contributed by atoms with Crippen molar-refractivity contribution in [3.63, 3.8) is 0 Å². The summed E-state index contributed by atoms with van der Waals surface area (Å²) in [5.74, 6) is 0.0927. The second-order valence-electron chi connectivity index (χ2n) is 11.3. The fourth-order valence-electron chi connectivity index (χ4n) is 4.83. The number of hydrogen-bond acceptors (Lipinski definition) is 2. The van der Waals surface area contributed by atoms with Crippen molar-refractivity contribution in [2.24, 2.45) is 11.3 Å². The number of fused-ring (bicyclic) bond motifs is 1. The molecule has 0 saturated heterocycles. The van der Waals surface area contributed by atoms with E-state index in [1.807, 2.05) is 38.2 Å². The van der Waals surface area contributed by atoms with Gasteiger partial charge in [-0.15, -0.1) is 0 Å². The smallest absolute Gasteiger partial charge is 0.309 e. The molecule has 0 aliphatic carbocycles. The van der Waals surface area contributed by atoms with Gasteiger partial charge in [-0.2, -0.15) is 0 Å². The minimum atomic E-state index is -0.867. The lowest BCUT2D eigenvalue weighted by molar-refractivity contribution is -0.146. The summed E-state index contributed by atoms with van der Waals surface area (Å²) in [6.45, 7) is 13.4. The zero-order chi connectivity index (χ0) is 26.0. The third kappa shape index (κ3) is 5.38. The van der Waals surface area contributed by atoms with Crippen LogP contribution in [0.3, 0.4) is 0 Å². The molecule has 4 nitrogen and oxygen atoms in total. The van der Waals surface area contributed by atoms with E-state index in [4.69, 9.17) is 4.98 Å². The van der Waals surface area contributed by atoms with Gasteiger partial charge in [0.1, 0.15) is 0 Å². The summed E-state index contributed by atoms with van der Waals surface area (Å²) < 4.78 is 2.39. The molecule has 36 heavy (non-hydrogen) atoms. The number of aliphatic carboxylic acids is 1. The number of carboxylic acid groups (broad SMARTS) is 1. The highest BCUT2D eigenvalue weighted by atomic mass is 16.4. The second kappa shape index (κ2) is 10.3. The first kappa shape index (κ1) is 25.7. The number of carbonyl (C=O) groups is 1. The van der Waals surface area contributed by atoms with Crippen LogP contribution in [0.25, 0.3) is 22.2 Å². The first-order valence-electron chi connectivity index (χ1n) is 12.9. The molecule has 2 heterocycles. The van der Waals surface area contributed by atoms with Gasteiger partial charge in [0.25, 0.3) is 0 Å². The lowest BCUT2D eigenvalue weighted by Crippen LogP contribution is -2.28. The number of carboxylic acids is 1. The summed E-state index contributed by atoms with van der Waals surface area (Å²) in [6, 6.07) is 21.2. The van der Waals surface area contributed by atoms with E-state index >= 15 is 0 Å². The van der Waals surface area contributed by atoms with Crippen LogP contribution in [0, 0.1) is 11.3 Å². The first-order chi connectivity index (χ1) is 17.1. The van der Waals surface area contributed by atoms with Gasteiger partial charge in [0.15, 0.2) is 0 Å². The molecule has 0 unspecified atom stereocenters. The Morgan fingerprint density at radius 2 is 1.72 bits per heavy atom. The third-order valence-electron chi connectivity index (χ3n) is 6.99. The summed E-state index contributed by atoms with van der Waals surface area (Å²) in [4.78, 5) is 16.9. The number of aromatic nitrogens is 2. The molecule has 0 fully saturated rings. The molecule has 2 aromatic carbocycles. The van der Waals surface area contributed by atoms with Crippen molar-refractivity contribution in [1.29, 1.82) is 0 Å². The van der Waals surface area contributed by atoms with Crippen LogP contribution in [0.2, 0.25) is 0 Å². The zero-order valence-corrected chi connectivity index (χ0v) is 22.4. The number of nitrogens with zero attached hydrogens (tertiary/aromatic N) is 2. The molecule has 4 rings (SSSR count). The molecule has 0 aliphatic rings. The summed E-state index contributed by atoms with van der Waals surface area (Å²) in [5.41, 5.74) is 7.15. The average Bonchev–Trinajstić information content (AvgIpc) is 3.10. The van der Waals surface area contributed by atoms with Gasteiger partial charge < -0.3 is 9.67 Å². The van der Waals surface area contributed by atoms with Crippen LogP contribution in [-0.4, -0.2) is 20.6 Å². The summed E-state index contributed by atoms with van der Waals surface area (Å²) in [5, 5.41) is 11.2. The summed E-state index contributed by atoms with van der Waals surface area (Å²) in [6.07, 6.45) is 3.16. The van der Waals surface area contributed by atoms with Crippen molar-refractivity contribution < 1.29 is 9.90 Å². The Morgan fingerprint density at radius 1 is 1.00 bits per heavy atom. The molecule has 0 spiro atoms. The quantitative estimate of drug-likeness (QED) is 0.266. The van der Waals surface area contributed by atoms with Crippen LogP contribution >= 0.6 is 0 Å². The van der Waals surface area contributed by atoms with Gasteiger partial charge in [-0.25, -0.2) is 0 Å². The largest absolute Gasteiger partial charge is 0.481 e. The fraction of sp³-hybridized carbons (Fsp3) is 0.375. The number of pyridine rings is 1. The van der Waals surface area contributed by atoms with Gasteiger partial charge in [-0.05, 0) is 54.5 Å². The van der Waals surface area contributed by atoms with E-state index < -0.39 is 11.4 Å². The lowest BCUT2D eigenvalue weighted by atomic mass is 9.85. The van der Waals surface area contributed by atoms with Crippen LogP contribution in [0.5, 0.6) is 0 Å². The molecular formula is C32H38N2O2. The Labute approximate surface area is 215 Å². The number of rotatable bonds is 9. The number of benzene rings is 2. The molecule has 0 aliphatic heterocycles. The fourth-order valence-corrected chi connectivity index (χ4v) is 4.83. The Balaban J connectivity index is 1.85. The van der Waals surface area contributed by atoms with E-state index in [-0.39, 0.29) is 0 Å². The predicted molar refractivity (Wildman–Crippen MR) is 148 cm³/mol. The Kier molecular flexibility index (Phi) is 7.35. The van der Waals surface area contributed by atoms with Crippen molar-refractivity contribution in [2.45, 2.75) is 66.8 Å². The lowest BCUT2D eigenvalue weighted by Gasteiger charge is -2.23. The Morgan fingerprint density at radius 3 is 2.31 bits per heavy atom. The van der Waals surface area contributed by atoms with Crippen molar-refractivity contribution in [2.75, 3.05) is 0 Å². The van der Waals surface area contributed by atoms with Crippen molar-refractivity contribution in [1.82, 2.24) is 9.55 Å². The van der Waals surface area contributed by atoms with Gasteiger partial charge in [-0.1, -0.05) is 76.2 Å². The maximum absolute atomic E-state index is 12.1. The van der Waals surface area contributed by atoms with E-state index in [9.17, 15) is 9.90 Å². The highest BCUT2D eigenvalue weighted by molar-refractivity contribution is 5.87. The molecule has 4 heteroatoms. The molecule has 4 aromatic rings. The van der Waals surface area contributed by atoms with Crippen molar-refractivity contribution >= 4 is 16.9 Å². The van der Waals surface area contributed by atoms with Gasteiger partial charge in [0, 0.05) is 47.7 Å². The summed E-state index contributed by atoms with van der Waals surface area (Å²) >= 11 is 0. The highest BCUT2D eigenvalue weighted by Crippen LogP contribution is 2.35. The zero-order valence-electron chi connectivity index (χ0n) is 22.4. The Hall–Kier alpha value is -3.40. The minimum absolute atomic E-state index is 0.425. The second-order valence-corrected chi connectivity index (χ2v) is 11.3. The average molecular weight is 483 g/mol. The molecule has 0 bridgehead atoms. The third-order valence-corrected chi connectivity index (χ3v) is 6.99. The molecular weight excluding hydrogens is 444 g/mol. The predicted octanol–water partition coefficient (Wildman–Crippen LogP) is 7.73. The maximum Gasteiger partial charge on any atom is 0.309 e. The minimum Gasteiger partial charge on any atom is -0.481 e. The normalized spacial score (nSPS) is 12.1. The van der Waals surface area contributed by atoms with E-state index in [0.29, 0.717) is 18.3 Å². The van der Waals surface area contributed by atoms with Gasteiger partial charge >= 0.3 is 5.97 Å². The molecule has 1 N–H and O–H groups in total. The maximum atomic E-state index is 12.1. The molecule has 0 radical (unpaired) electrons. The van der Waals surface area contributed by atoms with E-state index in [0.717, 1.165) is 35.5 Å². The molecule has 0 amide bonds. The topological polar surface area (TPSA) is 55.1 Å². The molecule has 188 valence electrons. The van der Waals surface area contributed by atoms with Crippen LogP contribution in [0.4, 0.5) is 0 Å². The molecule has 0 atom stereocenters. The van der Waals surface area contributed by atoms with Crippen LogP contribution in [-0.2, 0) is 24.2 Å².